The molecule has 1 aromatic carbocycles. The molecule has 0 bridgehead atoms. The molecule has 0 aliphatic heterocycles. The summed E-state index contributed by atoms with van der Waals surface area (Å²) in [4.78, 5) is 16.0. The van der Waals surface area contributed by atoms with Crippen molar-refractivity contribution in [3.8, 4) is 0 Å². The van der Waals surface area contributed by atoms with Crippen LogP contribution in [0.3, 0.4) is 0 Å². The molecule has 0 spiro atoms. The van der Waals surface area contributed by atoms with E-state index in [0.29, 0.717) is 12.4 Å². The standard InChI is InChI=1S/C14H11BrFN5O2/c15-10-6-18-21(7-10)8-12-19-14(23-20-12)13(22)17-5-9-1-3-11(16)4-2-9/h1-4,6-7H,5,8H2,(H,17,22). The van der Waals surface area contributed by atoms with Crippen molar-refractivity contribution >= 4 is 21.8 Å². The van der Waals surface area contributed by atoms with Gasteiger partial charge in [-0.2, -0.15) is 10.1 Å². The zero-order valence-electron chi connectivity index (χ0n) is 11.7. The van der Waals surface area contributed by atoms with E-state index in [9.17, 15) is 9.18 Å². The maximum Gasteiger partial charge on any atom is 0.316 e. The highest BCUT2D eigenvalue weighted by Crippen LogP contribution is 2.08. The number of carbonyl (C=O) groups excluding carboxylic acids is 1. The molecule has 23 heavy (non-hydrogen) atoms. The molecule has 1 N–H and O–H groups in total. The van der Waals surface area contributed by atoms with Crippen LogP contribution in [0.2, 0.25) is 0 Å². The highest BCUT2D eigenvalue weighted by molar-refractivity contribution is 9.10. The summed E-state index contributed by atoms with van der Waals surface area (Å²) in [6, 6.07) is 5.83. The quantitative estimate of drug-likeness (QED) is 0.733. The fourth-order valence-electron chi connectivity index (χ4n) is 1.84. The van der Waals surface area contributed by atoms with Crippen LogP contribution in [0.4, 0.5) is 4.39 Å². The lowest BCUT2D eigenvalue weighted by Gasteiger charge is -2.01. The number of benzene rings is 1. The summed E-state index contributed by atoms with van der Waals surface area (Å²) < 4.78 is 20.2. The lowest BCUT2D eigenvalue weighted by molar-refractivity contribution is 0.0907. The molecule has 0 aliphatic carbocycles. The number of hydrogen-bond acceptors (Lipinski definition) is 5. The first kappa shape index (κ1) is 15.3. The van der Waals surface area contributed by atoms with Crippen LogP contribution >= 0.6 is 15.9 Å². The largest absolute Gasteiger partial charge is 0.344 e. The smallest absolute Gasteiger partial charge is 0.316 e. The number of aromatic nitrogens is 4. The van der Waals surface area contributed by atoms with Gasteiger partial charge in [-0.25, -0.2) is 4.39 Å². The Bertz CT molecular complexity index is 815. The average Bonchev–Trinajstić information content (AvgIpc) is 3.16. The number of rotatable bonds is 5. The van der Waals surface area contributed by atoms with E-state index in [1.165, 1.54) is 12.1 Å². The van der Waals surface area contributed by atoms with Crippen molar-refractivity contribution in [2.45, 2.75) is 13.1 Å². The molecule has 0 atom stereocenters. The van der Waals surface area contributed by atoms with Gasteiger partial charge in [0, 0.05) is 12.7 Å². The van der Waals surface area contributed by atoms with Gasteiger partial charge in [-0.05, 0) is 33.6 Å². The Labute approximate surface area is 138 Å². The van der Waals surface area contributed by atoms with Gasteiger partial charge in [0.2, 0.25) is 0 Å². The molecule has 7 nitrogen and oxygen atoms in total. The molecule has 3 aromatic rings. The third kappa shape index (κ3) is 4.01. The number of halogens is 2. The Morgan fingerprint density at radius 3 is 2.83 bits per heavy atom. The molecule has 0 unspecified atom stereocenters. The van der Waals surface area contributed by atoms with Crippen LogP contribution in [0.5, 0.6) is 0 Å². The minimum Gasteiger partial charge on any atom is -0.344 e. The van der Waals surface area contributed by atoms with Crippen LogP contribution in [0.1, 0.15) is 22.1 Å². The first-order valence-electron chi connectivity index (χ1n) is 6.63. The summed E-state index contributed by atoms with van der Waals surface area (Å²) in [5.41, 5.74) is 0.765. The van der Waals surface area contributed by atoms with Crippen LogP contribution in [0.25, 0.3) is 0 Å². The summed E-state index contributed by atoms with van der Waals surface area (Å²) >= 11 is 3.29. The molecule has 0 aliphatic rings. The van der Waals surface area contributed by atoms with Gasteiger partial charge in [-0.15, -0.1) is 0 Å². The second-order valence-corrected chi connectivity index (χ2v) is 5.60. The normalized spacial score (nSPS) is 10.7. The molecule has 2 heterocycles. The van der Waals surface area contributed by atoms with Crippen LogP contribution in [0.15, 0.2) is 45.7 Å². The SMILES string of the molecule is O=C(NCc1ccc(F)cc1)c1nc(Cn2cc(Br)cn2)no1. The van der Waals surface area contributed by atoms with E-state index in [1.807, 2.05) is 0 Å². The van der Waals surface area contributed by atoms with Crippen molar-refractivity contribution in [3.63, 3.8) is 0 Å². The number of carbonyl (C=O) groups is 1. The fraction of sp³-hybridized carbons (Fsp3) is 0.143. The van der Waals surface area contributed by atoms with Gasteiger partial charge in [0.15, 0.2) is 5.82 Å². The Hall–Kier alpha value is -2.55. The second-order valence-electron chi connectivity index (χ2n) is 4.68. The molecule has 1 amide bonds. The molecule has 0 radical (unpaired) electrons. The topological polar surface area (TPSA) is 85.8 Å². The molecule has 3 rings (SSSR count). The number of hydrogen-bond donors (Lipinski definition) is 1. The van der Waals surface area contributed by atoms with Crippen LogP contribution in [0, 0.1) is 5.82 Å². The van der Waals surface area contributed by atoms with Crippen molar-refractivity contribution in [2.24, 2.45) is 0 Å². The van der Waals surface area contributed by atoms with E-state index in [2.05, 4.69) is 36.5 Å². The van der Waals surface area contributed by atoms with Crippen molar-refractivity contribution in [1.29, 1.82) is 0 Å². The highest BCUT2D eigenvalue weighted by atomic mass is 79.9. The van der Waals surface area contributed by atoms with Gasteiger partial charge in [0.25, 0.3) is 0 Å². The predicted octanol–water partition coefficient (Wildman–Crippen LogP) is 2.15. The monoisotopic (exact) mass is 379 g/mol. The van der Waals surface area contributed by atoms with Crippen molar-refractivity contribution in [2.75, 3.05) is 0 Å². The average molecular weight is 380 g/mol. The maximum atomic E-state index is 12.8. The minimum absolute atomic E-state index is 0.131. The first-order chi connectivity index (χ1) is 11.1. The molecule has 0 saturated carbocycles. The molecule has 0 saturated heterocycles. The Morgan fingerprint density at radius 1 is 1.35 bits per heavy atom. The van der Waals surface area contributed by atoms with Gasteiger partial charge in [-0.1, -0.05) is 17.3 Å². The Kier molecular flexibility index (Phi) is 4.47. The van der Waals surface area contributed by atoms with Gasteiger partial charge < -0.3 is 9.84 Å². The lowest BCUT2D eigenvalue weighted by atomic mass is 10.2. The predicted molar refractivity (Wildman–Crippen MR) is 80.9 cm³/mol. The van der Waals surface area contributed by atoms with E-state index in [1.54, 1.807) is 29.2 Å². The third-order valence-corrected chi connectivity index (χ3v) is 3.34. The molecule has 9 heteroatoms. The molecule has 0 fully saturated rings. The van der Waals surface area contributed by atoms with Crippen molar-refractivity contribution < 1.29 is 13.7 Å². The van der Waals surface area contributed by atoms with E-state index < -0.39 is 5.91 Å². The first-order valence-corrected chi connectivity index (χ1v) is 7.42. The lowest BCUT2D eigenvalue weighted by Crippen LogP contribution is -2.23. The minimum atomic E-state index is -0.491. The highest BCUT2D eigenvalue weighted by Gasteiger charge is 2.15. The molecule has 2 aromatic heterocycles. The van der Waals surface area contributed by atoms with E-state index in [0.717, 1.165) is 10.0 Å². The number of nitrogens with zero attached hydrogens (tertiary/aromatic N) is 4. The second kappa shape index (κ2) is 6.69. The van der Waals surface area contributed by atoms with Gasteiger partial charge >= 0.3 is 11.8 Å². The molecular formula is C14H11BrFN5O2. The van der Waals surface area contributed by atoms with Crippen LogP contribution in [-0.2, 0) is 13.1 Å². The van der Waals surface area contributed by atoms with Gasteiger partial charge in [0.1, 0.15) is 12.4 Å². The van der Waals surface area contributed by atoms with Crippen LogP contribution < -0.4 is 5.32 Å². The molecule has 118 valence electrons. The summed E-state index contributed by atoms with van der Waals surface area (Å²) in [5, 5.41) is 10.4. The summed E-state index contributed by atoms with van der Waals surface area (Å²) in [5.74, 6) is -0.609. The number of amides is 1. The van der Waals surface area contributed by atoms with Crippen molar-refractivity contribution in [3.05, 3.63) is 64.2 Å². The van der Waals surface area contributed by atoms with E-state index in [4.69, 9.17) is 4.52 Å². The fourth-order valence-corrected chi connectivity index (χ4v) is 2.17. The zero-order valence-corrected chi connectivity index (χ0v) is 13.3. The summed E-state index contributed by atoms with van der Waals surface area (Å²) in [7, 11) is 0. The van der Waals surface area contributed by atoms with Gasteiger partial charge in [0.05, 0.1) is 10.7 Å². The summed E-state index contributed by atoms with van der Waals surface area (Å²) in [6.45, 7) is 0.531. The molecular weight excluding hydrogens is 369 g/mol. The summed E-state index contributed by atoms with van der Waals surface area (Å²) in [6.07, 6.45) is 3.39. The zero-order chi connectivity index (χ0) is 16.2. The van der Waals surface area contributed by atoms with Crippen LogP contribution in [-0.4, -0.2) is 25.8 Å². The van der Waals surface area contributed by atoms with E-state index in [-0.39, 0.29) is 18.3 Å². The van der Waals surface area contributed by atoms with Gasteiger partial charge in [-0.3, -0.25) is 9.48 Å². The maximum absolute atomic E-state index is 12.8. The Balaban J connectivity index is 1.58. The third-order valence-electron chi connectivity index (χ3n) is 2.93. The van der Waals surface area contributed by atoms with E-state index >= 15 is 0 Å². The van der Waals surface area contributed by atoms with Crippen molar-refractivity contribution in [1.82, 2.24) is 25.2 Å². The number of nitrogens with one attached hydrogen (secondary N) is 1. The Morgan fingerprint density at radius 2 is 2.13 bits per heavy atom.